The molecule has 0 saturated heterocycles. The van der Waals surface area contributed by atoms with E-state index in [4.69, 9.17) is 4.74 Å². The molecule has 0 unspecified atom stereocenters. The average Bonchev–Trinajstić information content (AvgIpc) is 3.15. The first-order valence-corrected chi connectivity index (χ1v) is 9.75. The quantitative estimate of drug-likeness (QED) is 0.556. The molecule has 0 radical (unpaired) electrons. The van der Waals surface area contributed by atoms with Crippen molar-refractivity contribution in [1.82, 2.24) is 10.2 Å². The minimum absolute atomic E-state index is 0.0923. The Morgan fingerprint density at radius 1 is 1.14 bits per heavy atom. The SMILES string of the molecule is CC[C@@H](C)c1ccccc1OCc1nnc(NC(=O)Nc2ccccc2F)s1. The molecule has 0 bridgehead atoms. The Kier molecular flexibility index (Phi) is 6.54. The van der Waals surface area contributed by atoms with Gasteiger partial charge in [-0.1, -0.05) is 55.5 Å². The maximum absolute atomic E-state index is 13.6. The van der Waals surface area contributed by atoms with E-state index in [9.17, 15) is 9.18 Å². The van der Waals surface area contributed by atoms with Gasteiger partial charge in [0.25, 0.3) is 0 Å². The lowest BCUT2D eigenvalue weighted by molar-refractivity contribution is 0.262. The number of carbonyl (C=O) groups is 1. The van der Waals surface area contributed by atoms with E-state index in [1.807, 2.05) is 18.2 Å². The van der Waals surface area contributed by atoms with E-state index in [-0.39, 0.29) is 12.3 Å². The molecule has 3 aromatic rings. The highest BCUT2D eigenvalue weighted by Gasteiger charge is 2.13. The lowest BCUT2D eigenvalue weighted by atomic mass is 9.98. The summed E-state index contributed by atoms with van der Waals surface area (Å²) in [5, 5.41) is 13.9. The van der Waals surface area contributed by atoms with Gasteiger partial charge in [0.2, 0.25) is 5.13 Å². The standard InChI is InChI=1S/C20H21FN4O2S/c1-3-13(2)14-8-4-7-11-17(14)27-12-18-24-25-20(28-18)23-19(26)22-16-10-6-5-9-15(16)21/h4-11,13H,3,12H2,1-2H3,(H2,22,23,25,26)/t13-/m1/s1. The van der Waals surface area contributed by atoms with Gasteiger partial charge in [0.1, 0.15) is 18.2 Å². The molecule has 0 fully saturated rings. The van der Waals surface area contributed by atoms with Crippen molar-refractivity contribution < 1.29 is 13.9 Å². The van der Waals surface area contributed by atoms with Crippen LogP contribution in [0.15, 0.2) is 48.5 Å². The molecular weight excluding hydrogens is 379 g/mol. The Labute approximate surface area is 166 Å². The topological polar surface area (TPSA) is 76.1 Å². The van der Waals surface area contributed by atoms with Gasteiger partial charge in [-0.3, -0.25) is 5.32 Å². The van der Waals surface area contributed by atoms with Crippen molar-refractivity contribution >= 4 is 28.2 Å². The highest BCUT2D eigenvalue weighted by atomic mass is 32.1. The van der Waals surface area contributed by atoms with E-state index < -0.39 is 11.8 Å². The molecular formula is C20H21FN4O2S. The van der Waals surface area contributed by atoms with Crippen LogP contribution < -0.4 is 15.4 Å². The number of nitrogens with one attached hydrogen (secondary N) is 2. The number of para-hydroxylation sites is 2. The zero-order valence-electron chi connectivity index (χ0n) is 15.6. The molecule has 1 heterocycles. The molecule has 0 spiro atoms. The molecule has 1 aromatic heterocycles. The number of benzene rings is 2. The van der Waals surface area contributed by atoms with Gasteiger partial charge >= 0.3 is 6.03 Å². The fraction of sp³-hybridized carbons (Fsp3) is 0.250. The zero-order chi connectivity index (χ0) is 19.9. The Hall–Kier alpha value is -3.00. The van der Waals surface area contributed by atoms with Gasteiger partial charge in [0.05, 0.1) is 5.69 Å². The van der Waals surface area contributed by atoms with E-state index >= 15 is 0 Å². The molecule has 1 atom stereocenters. The van der Waals surface area contributed by atoms with Crippen LogP contribution >= 0.6 is 11.3 Å². The van der Waals surface area contributed by atoms with Crippen LogP contribution in [0.3, 0.4) is 0 Å². The minimum atomic E-state index is -0.587. The van der Waals surface area contributed by atoms with Crippen LogP contribution in [0.5, 0.6) is 5.75 Å². The van der Waals surface area contributed by atoms with Crippen molar-refractivity contribution in [3.63, 3.8) is 0 Å². The number of amides is 2. The first-order valence-electron chi connectivity index (χ1n) is 8.93. The maximum Gasteiger partial charge on any atom is 0.325 e. The second kappa shape index (κ2) is 9.27. The Morgan fingerprint density at radius 3 is 2.68 bits per heavy atom. The summed E-state index contributed by atoms with van der Waals surface area (Å²) in [6, 6.07) is 13.3. The molecule has 0 aliphatic heterocycles. The Morgan fingerprint density at radius 2 is 1.89 bits per heavy atom. The summed E-state index contributed by atoms with van der Waals surface area (Å²) in [5.74, 6) is 0.702. The fourth-order valence-electron chi connectivity index (χ4n) is 2.55. The summed E-state index contributed by atoms with van der Waals surface area (Å²) in [6.07, 6.45) is 1.02. The third kappa shape index (κ3) is 5.04. The van der Waals surface area contributed by atoms with Crippen LogP contribution in [0, 0.1) is 5.82 Å². The third-order valence-electron chi connectivity index (χ3n) is 4.22. The summed E-state index contributed by atoms with van der Waals surface area (Å²) in [6.45, 7) is 4.54. The molecule has 146 valence electrons. The van der Waals surface area contributed by atoms with E-state index in [0.29, 0.717) is 16.1 Å². The summed E-state index contributed by atoms with van der Waals surface area (Å²) in [4.78, 5) is 12.0. The lowest BCUT2D eigenvalue weighted by Gasteiger charge is -2.14. The van der Waals surface area contributed by atoms with Crippen LogP contribution in [0.1, 0.15) is 36.8 Å². The van der Waals surface area contributed by atoms with Gasteiger partial charge < -0.3 is 10.1 Å². The smallest absolute Gasteiger partial charge is 0.325 e. The molecule has 28 heavy (non-hydrogen) atoms. The highest BCUT2D eigenvalue weighted by Crippen LogP contribution is 2.29. The summed E-state index contributed by atoms with van der Waals surface area (Å²) in [7, 11) is 0. The number of carbonyl (C=O) groups excluding carboxylic acids is 1. The summed E-state index contributed by atoms with van der Waals surface area (Å²) in [5.41, 5.74) is 1.24. The van der Waals surface area contributed by atoms with Gasteiger partial charge in [-0.15, -0.1) is 10.2 Å². The number of halogens is 1. The van der Waals surface area contributed by atoms with Crippen LogP contribution in [-0.4, -0.2) is 16.2 Å². The monoisotopic (exact) mass is 400 g/mol. The molecule has 0 aliphatic carbocycles. The van der Waals surface area contributed by atoms with Gasteiger partial charge in [-0.25, -0.2) is 9.18 Å². The molecule has 0 aliphatic rings. The van der Waals surface area contributed by atoms with Crippen molar-refractivity contribution in [3.05, 3.63) is 64.9 Å². The minimum Gasteiger partial charge on any atom is -0.486 e. The fourth-order valence-corrected chi connectivity index (χ4v) is 3.20. The maximum atomic E-state index is 13.6. The van der Waals surface area contributed by atoms with Crippen LogP contribution in [0.2, 0.25) is 0 Å². The van der Waals surface area contributed by atoms with Crippen molar-refractivity contribution in [2.24, 2.45) is 0 Å². The van der Waals surface area contributed by atoms with E-state index in [0.717, 1.165) is 17.7 Å². The lowest BCUT2D eigenvalue weighted by Crippen LogP contribution is -2.19. The number of nitrogens with zero attached hydrogens (tertiary/aromatic N) is 2. The predicted octanol–water partition coefficient (Wildman–Crippen LogP) is 5.41. The molecule has 2 aromatic carbocycles. The second-order valence-corrected chi connectivity index (χ2v) is 7.26. The number of rotatable bonds is 7. The molecule has 8 heteroatoms. The number of hydrogen-bond donors (Lipinski definition) is 2. The van der Waals surface area contributed by atoms with Crippen LogP contribution in [-0.2, 0) is 6.61 Å². The van der Waals surface area contributed by atoms with E-state index in [1.54, 1.807) is 12.1 Å². The van der Waals surface area contributed by atoms with Gasteiger partial charge in [-0.05, 0) is 36.1 Å². The van der Waals surface area contributed by atoms with Crippen molar-refractivity contribution in [2.75, 3.05) is 10.6 Å². The van der Waals surface area contributed by atoms with Crippen molar-refractivity contribution in [1.29, 1.82) is 0 Å². The largest absolute Gasteiger partial charge is 0.486 e. The number of urea groups is 1. The first-order chi connectivity index (χ1) is 13.6. The van der Waals surface area contributed by atoms with Gasteiger partial charge in [-0.2, -0.15) is 0 Å². The Balaban J connectivity index is 1.58. The second-order valence-electron chi connectivity index (χ2n) is 6.20. The number of anilines is 2. The van der Waals surface area contributed by atoms with E-state index in [2.05, 4.69) is 40.7 Å². The molecule has 2 N–H and O–H groups in total. The molecule has 2 amide bonds. The number of hydrogen-bond acceptors (Lipinski definition) is 5. The normalized spacial score (nSPS) is 11.7. The average molecular weight is 400 g/mol. The molecule has 6 nitrogen and oxygen atoms in total. The predicted molar refractivity (Wildman–Crippen MR) is 108 cm³/mol. The van der Waals surface area contributed by atoms with Crippen LogP contribution in [0.4, 0.5) is 20.0 Å². The highest BCUT2D eigenvalue weighted by molar-refractivity contribution is 7.15. The summed E-state index contributed by atoms with van der Waals surface area (Å²) >= 11 is 1.20. The third-order valence-corrected chi connectivity index (χ3v) is 5.04. The zero-order valence-corrected chi connectivity index (χ0v) is 16.4. The van der Waals surface area contributed by atoms with E-state index in [1.165, 1.54) is 23.5 Å². The molecule has 0 saturated carbocycles. The Bertz CT molecular complexity index is 947. The van der Waals surface area contributed by atoms with Crippen molar-refractivity contribution in [2.45, 2.75) is 32.8 Å². The number of aromatic nitrogens is 2. The number of ether oxygens (including phenoxy) is 1. The van der Waals surface area contributed by atoms with Crippen LogP contribution in [0.25, 0.3) is 0 Å². The van der Waals surface area contributed by atoms with Crippen molar-refractivity contribution in [3.8, 4) is 5.75 Å². The molecule has 3 rings (SSSR count). The summed E-state index contributed by atoms with van der Waals surface area (Å²) < 4.78 is 19.5. The van der Waals surface area contributed by atoms with Gasteiger partial charge in [0, 0.05) is 0 Å². The van der Waals surface area contributed by atoms with Gasteiger partial charge in [0.15, 0.2) is 5.01 Å². The first kappa shape index (κ1) is 19.8.